The molecular weight excluding hydrogens is 304 g/mol. The summed E-state index contributed by atoms with van der Waals surface area (Å²) in [6, 6.07) is 8.13. The molecule has 0 amide bonds. The molecule has 0 bridgehead atoms. The summed E-state index contributed by atoms with van der Waals surface area (Å²) in [7, 11) is 0. The van der Waals surface area contributed by atoms with Crippen molar-refractivity contribution < 1.29 is 4.52 Å². The third-order valence-corrected chi connectivity index (χ3v) is 4.73. The Morgan fingerprint density at radius 1 is 1.24 bits per heavy atom. The molecule has 0 radical (unpaired) electrons. The molecule has 2 N–H and O–H groups in total. The fourth-order valence-corrected chi connectivity index (χ4v) is 3.33. The second-order valence-corrected chi connectivity index (χ2v) is 6.72. The number of rotatable bonds is 4. The second-order valence-electron chi connectivity index (χ2n) is 4.35. The molecule has 1 aromatic carbocycles. The lowest BCUT2D eigenvalue weighted by molar-refractivity contribution is 0.433. The minimum Gasteiger partial charge on any atom is -0.375 e. The van der Waals surface area contributed by atoms with E-state index in [1.54, 1.807) is 11.8 Å². The van der Waals surface area contributed by atoms with E-state index in [1.165, 1.54) is 16.2 Å². The molecule has 2 aromatic heterocycles. The van der Waals surface area contributed by atoms with Crippen molar-refractivity contribution in [3.63, 3.8) is 0 Å². The van der Waals surface area contributed by atoms with Crippen LogP contribution >= 0.6 is 23.1 Å². The minimum atomic E-state index is 0.462. The van der Waals surface area contributed by atoms with Crippen LogP contribution in [0.15, 0.2) is 33.7 Å². The zero-order chi connectivity index (χ0) is 14.8. The van der Waals surface area contributed by atoms with Gasteiger partial charge in [0.05, 0.1) is 5.69 Å². The van der Waals surface area contributed by atoms with Gasteiger partial charge in [-0.15, -0.1) is 11.8 Å². The number of aryl methyl sites for hydroxylation is 1. The van der Waals surface area contributed by atoms with Crippen LogP contribution in [0.2, 0.25) is 0 Å². The van der Waals surface area contributed by atoms with E-state index in [2.05, 4.69) is 34.2 Å². The Bertz CT molecular complexity index is 749. The van der Waals surface area contributed by atoms with Gasteiger partial charge in [0.15, 0.2) is 5.13 Å². The Morgan fingerprint density at radius 3 is 2.62 bits per heavy atom. The SMILES string of the molecule is CCSc1ccc(-c2noc(-c3sc(N)nc3C)n2)cc1. The van der Waals surface area contributed by atoms with Gasteiger partial charge < -0.3 is 10.3 Å². The van der Waals surface area contributed by atoms with Crippen molar-refractivity contribution >= 4 is 28.2 Å². The number of benzene rings is 1. The molecule has 7 heteroatoms. The maximum Gasteiger partial charge on any atom is 0.270 e. The lowest BCUT2D eigenvalue weighted by Crippen LogP contribution is -1.82. The highest BCUT2D eigenvalue weighted by molar-refractivity contribution is 7.99. The highest BCUT2D eigenvalue weighted by Crippen LogP contribution is 2.31. The van der Waals surface area contributed by atoms with Crippen LogP contribution in [0.25, 0.3) is 22.2 Å². The van der Waals surface area contributed by atoms with Gasteiger partial charge in [-0.2, -0.15) is 4.98 Å². The molecule has 0 atom stereocenters. The number of anilines is 1. The molecule has 3 rings (SSSR count). The van der Waals surface area contributed by atoms with Gasteiger partial charge in [0.1, 0.15) is 4.88 Å². The Balaban J connectivity index is 1.89. The third-order valence-electron chi connectivity index (χ3n) is 2.86. The Morgan fingerprint density at radius 2 is 2.00 bits per heavy atom. The average Bonchev–Trinajstić information content (AvgIpc) is 3.06. The lowest BCUT2D eigenvalue weighted by atomic mass is 10.2. The van der Waals surface area contributed by atoms with Gasteiger partial charge >= 0.3 is 0 Å². The molecule has 21 heavy (non-hydrogen) atoms. The summed E-state index contributed by atoms with van der Waals surface area (Å²) >= 11 is 3.15. The molecule has 0 spiro atoms. The van der Waals surface area contributed by atoms with Crippen molar-refractivity contribution in [2.24, 2.45) is 0 Å². The van der Waals surface area contributed by atoms with Crippen LogP contribution in [0.3, 0.4) is 0 Å². The number of thiazole rings is 1. The van der Waals surface area contributed by atoms with Crippen molar-refractivity contribution in [1.82, 2.24) is 15.1 Å². The summed E-state index contributed by atoms with van der Waals surface area (Å²) in [4.78, 5) is 10.7. The van der Waals surface area contributed by atoms with Crippen molar-refractivity contribution in [2.45, 2.75) is 18.7 Å². The van der Waals surface area contributed by atoms with E-state index in [4.69, 9.17) is 10.3 Å². The fourth-order valence-electron chi connectivity index (χ4n) is 1.92. The topological polar surface area (TPSA) is 77.8 Å². The van der Waals surface area contributed by atoms with Crippen molar-refractivity contribution in [3.05, 3.63) is 30.0 Å². The quantitative estimate of drug-likeness (QED) is 0.736. The second kappa shape index (κ2) is 5.87. The zero-order valence-corrected chi connectivity index (χ0v) is 13.3. The number of aromatic nitrogens is 3. The van der Waals surface area contributed by atoms with Gasteiger partial charge in [-0.25, -0.2) is 4.98 Å². The van der Waals surface area contributed by atoms with E-state index in [9.17, 15) is 0 Å². The summed E-state index contributed by atoms with van der Waals surface area (Å²) < 4.78 is 5.33. The van der Waals surface area contributed by atoms with Gasteiger partial charge in [-0.05, 0) is 36.9 Å². The smallest absolute Gasteiger partial charge is 0.270 e. The highest BCUT2D eigenvalue weighted by Gasteiger charge is 2.16. The largest absolute Gasteiger partial charge is 0.375 e. The molecule has 108 valence electrons. The molecule has 3 aromatic rings. The first-order valence-corrected chi connectivity index (χ1v) is 8.28. The van der Waals surface area contributed by atoms with E-state index in [0.29, 0.717) is 16.8 Å². The van der Waals surface area contributed by atoms with Gasteiger partial charge in [-0.3, -0.25) is 0 Å². The van der Waals surface area contributed by atoms with Crippen LogP contribution < -0.4 is 5.73 Å². The standard InChI is InChI=1S/C14H14N4OS2/c1-3-20-10-6-4-9(5-7-10)12-17-13(19-18-12)11-8(2)16-14(15)21-11/h4-7H,3H2,1-2H3,(H2,15,16). The molecule has 0 fully saturated rings. The molecule has 0 unspecified atom stereocenters. The van der Waals surface area contributed by atoms with Crippen LogP contribution in [0.4, 0.5) is 5.13 Å². The Labute approximate surface area is 130 Å². The van der Waals surface area contributed by atoms with E-state index in [0.717, 1.165) is 21.9 Å². The average molecular weight is 318 g/mol. The number of nitrogens with two attached hydrogens (primary N) is 1. The molecule has 0 saturated carbocycles. The fraction of sp³-hybridized carbons (Fsp3) is 0.214. The Kier molecular flexibility index (Phi) is 3.94. The van der Waals surface area contributed by atoms with Gasteiger partial charge in [0.2, 0.25) is 5.82 Å². The third kappa shape index (κ3) is 2.93. The number of hydrogen-bond acceptors (Lipinski definition) is 7. The first kappa shape index (κ1) is 14.1. The van der Waals surface area contributed by atoms with Crippen LogP contribution in [0.1, 0.15) is 12.6 Å². The monoisotopic (exact) mass is 318 g/mol. The zero-order valence-electron chi connectivity index (χ0n) is 11.7. The Hall–Kier alpha value is -1.86. The van der Waals surface area contributed by atoms with Crippen LogP contribution in [-0.2, 0) is 0 Å². The van der Waals surface area contributed by atoms with Gasteiger partial charge in [0.25, 0.3) is 5.89 Å². The van der Waals surface area contributed by atoms with Crippen LogP contribution in [0, 0.1) is 6.92 Å². The van der Waals surface area contributed by atoms with Gasteiger partial charge in [0, 0.05) is 10.5 Å². The summed E-state index contributed by atoms with van der Waals surface area (Å²) in [6.45, 7) is 4.01. The molecular formula is C14H14N4OS2. The van der Waals surface area contributed by atoms with E-state index < -0.39 is 0 Å². The number of nitrogen functional groups attached to an aromatic ring is 1. The first-order valence-electron chi connectivity index (χ1n) is 6.47. The summed E-state index contributed by atoms with van der Waals surface area (Å²) in [6.07, 6.45) is 0. The number of hydrogen-bond donors (Lipinski definition) is 1. The maximum absolute atomic E-state index is 5.70. The molecule has 0 aliphatic rings. The molecule has 0 aliphatic heterocycles. The first-order chi connectivity index (χ1) is 10.2. The number of nitrogens with zero attached hydrogens (tertiary/aromatic N) is 3. The summed E-state index contributed by atoms with van der Waals surface area (Å²) in [5, 5.41) is 4.54. The van der Waals surface area contributed by atoms with Gasteiger partial charge in [-0.1, -0.05) is 23.4 Å². The molecule has 0 saturated heterocycles. The lowest BCUT2D eigenvalue weighted by Gasteiger charge is -1.98. The minimum absolute atomic E-state index is 0.462. The summed E-state index contributed by atoms with van der Waals surface area (Å²) in [5.74, 6) is 2.09. The van der Waals surface area contributed by atoms with Crippen molar-refractivity contribution in [2.75, 3.05) is 11.5 Å². The molecule has 2 heterocycles. The van der Waals surface area contributed by atoms with Crippen LogP contribution in [-0.4, -0.2) is 20.9 Å². The van der Waals surface area contributed by atoms with Crippen molar-refractivity contribution in [3.8, 4) is 22.2 Å². The van der Waals surface area contributed by atoms with E-state index >= 15 is 0 Å². The molecule has 5 nitrogen and oxygen atoms in total. The van der Waals surface area contributed by atoms with Crippen molar-refractivity contribution in [1.29, 1.82) is 0 Å². The molecule has 0 aliphatic carbocycles. The normalized spacial score (nSPS) is 11.0. The summed E-state index contributed by atoms with van der Waals surface area (Å²) in [5.41, 5.74) is 7.43. The maximum atomic E-state index is 5.70. The predicted molar refractivity (Wildman–Crippen MR) is 86.4 cm³/mol. The highest BCUT2D eigenvalue weighted by atomic mass is 32.2. The predicted octanol–water partition coefficient (Wildman–Crippen LogP) is 3.86. The van der Waals surface area contributed by atoms with E-state index in [-0.39, 0.29) is 0 Å². The van der Waals surface area contributed by atoms with Crippen LogP contribution in [0.5, 0.6) is 0 Å². The van der Waals surface area contributed by atoms with E-state index in [1.807, 2.05) is 19.1 Å². The number of thioether (sulfide) groups is 1.